The van der Waals surface area contributed by atoms with Crippen LogP contribution in [0.1, 0.15) is 40.5 Å². The molecule has 126 valence electrons. The molecule has 7 nitrogen and oxygen atoms in total. The average molecular weight is 314 g/mol. The fourth-order valence-corrected chi connectivity index (χ4v) is 2.54. The summed E-state index contributed by atoms with van der Waals surface area (Å²) < 4.78 is 5.04. The van der Waals surface area contributed by atoms with Crippen molar-refractivity contribution in [2.24, 2.45) is 5.92 Å². The van der Waals surface area contributed by atoms with Crippen LogP contribution in [0.4, 0.5) is 4.79 Å². The summed E-state index contributed by atoms with van der Waals surface area (Å²) in [6.45, 7) is 9.28. The zero-order valence-electron chi connectivity index (χ0n) is 14.0. The van der Waals surface area contributed by atoms with Crippen LogP contribution in [0.5, 0.6) is 0 Å². The van der Waals surface area contributed by atoms with Crippen molar-refractivity contribution >= 4 is 17.9 Å². The van der Waals surface area contributed by atoms with Gasteiger partial charge in [-0.25, -0.2) is 4.79 Å². The van der Waals surface area contributed by atoms with Crippen molar-refractivity contribution in [2.75, 3.05) is 26.2 Å². The molecule has 0 aliphatic carbocycles. The molecule has 1 saturated heterocycles. The molecule has 0 radical (unpaired) electrons. The van der Waals surface area contributed by atoms with Crippen LogP contribution in [-0.4, -0.2) is 49.7 Å². The third-order valence-electron chi connectivity index (χ3n) is 3.39. The minimum Gasteiger partial charge on any atom is -0.466 e. The lowest BCUT2D eigenvalue weighted by atomic mass is 9.98. The maximum absolute atomic E-state index is 11.9. The SMILES string of the molecule is CCOC(=O)[C@H]1CCC[NH+](CC(=O)NC(=O)NC(C)(C)C)C1. The summed E-state index contributed by atoms with van der Waals surface area (Å²) in [4.78, 5) is 36.3. The minimum atomic E-state index is -0.490. The van der Waals surface area contributed by atoms with Gasteiger partial charge in [0.15, 0.2) is 6.54 Å². The standard InChI is InChI=1S/C15H27N3O4/c1-5-22-13(20)11-7-6-8-18(9-11)10-12(19)16-14(21)17-15(2,3)4/h11H,5-10H2,1-4H3,(H2,16,17,19,21)/p+1/t11-/m0/s1. The van der Waals surface area contributed by atoms with Crippen LogP contribution in [-0.2, 0) is 14.3 Å². The molecule has 1 fully saturated rings. The summed E-state index contributed by atoms with van der Waals surface area (Å²) >= 11 is 0. The lowest BCUT2D eigenvalue weighted by Gasteiger charge is -2.28. The van der Waals surface area contributed by atoms with Crippen molar-refractivity contribution < 1.29 is 24.0 Å². The summed E-state index contributed by atoms with van der Waals surface area (Å²) in [5.41, 5.74) is -0.392. The topological polar surface area (TPSA) is 88.9 Å². The Balaban J connectivity index is 2.41. The predicted molar refractivity (Wildman–Crippen MR) is 81.3 cm³/mol. The second-order valence-corrected chi connectivity index (χ2v) is 6.72. The second-order valence-electron chi connectivity index (χ2n) is 6.72. The highest BCUT2D eigenvalue weighted by molar-refractivity contribution is 5.95. The molecule has 1 aliphatic rings. The number of quaternary nitrogens is 1. The lowest BCUT2D eigenvalue weighted by Crippen LogP contribution is -3.15. The van der Waals surface area contributed by atoms with Crippen molar-refractivity contribution in [2.45, 2.75) is 46.1 Å². The van der Waals surface area contributed by atoms with E-state index in [0.717, 1.165) is 24.3 Å². The largest absolute Gasteiger partial charge is 0.466 e. The normalized spacial score (nSPS) is 21.8. The zero-order valence-corrected chi connectivity index (χ0v) is 14.0. The first-order valence-corrected chi connectivity index (χ1v) is 7.83. The highest BCUT2D eigenvalue weighted by Crippen LogP contribution is 2.09. The Morgan fingerprint density at radius 2 is 1.95 bits per heavy atom. The molecule has 0 saturated carbocycles. The number of carbonyl (C=O) groups is 3. The van der Waals surface area contributed by atoms with E-state index in [1.807, 2.05) is 20.8 Å². The van der Waals surface area contributed by atoms with Crippen LogP contribution in [0.2, 0.25) is 0 Å². The van der Waals surface area contributed by atoms with E-state index in [9.17, 15) is 14.4 Å². The molecule has 2 atom stereocenters. The fraction of sp³-hybridized carbons (Fsp3) is 0.800. The van der Waals surface area contributed by atoms with E-state index in [2.05, 4.69) is 10.6 Å². The number of hydrogen-bond acceptors (Lipinski definition) is 4. The van der Waals surface area contributed by atoms with Crippen molar-refractivity contribution in [3.8, 4) is 0 Å². The first-order chi connectivity index (χ1) is 10.2. The van der Waals surface area contributed by atoms with Crippen LogP contribution < -0.4 is 15.5 Å². The van der Waals surface area contributed by atoms with Gasteiger partial charge in [-0.15, -0.1) is 0 Å². The highest BCUT2D eigenvalue weighted by Gasteiger charge is 2.31. The molecular weight excluding hydrogens is 286 g/mol. The van der Waals surface area contributed by atoms with E-state index < -0.39 is 11.6 Å². The highest BCUT2D eigenvalue weighted by atomic mass is 16.5. The Labute approximate surface area is 131 Å². The minimum absolute atomic E-state index is 0.153. The van der Waals surface area contributed by atoms with Gasteiger partial charge in [0.25, 0.3) is 5.91 Å². The molecule has 0 aromatic rings. The van der Waals surface area contributed by atoms with Gasteiger partial charge in [-0.05, 0) is 40.5 Å². The van der Waals surface area contributed by atoms with Crippen LogP contribution in [0.3, 0.4) is 0 Å². The van der Waals surface area contributed by atoms with E-state index in [-0.39, 0.29) is 24.3 Å². The van der Waals surface area contributed by atoms with Gasteiger partial charge in [-0.1, -0.05) is 0 Å². The summed E-state index contributed by atoms with van der Waals surface area (Å²) in [6, 6.07) is -0.490. The van der Waals surface area contributed by atoms with Crippen LogP contribution >= 0.6 is 0 Å². The van der Waals surface area contributed by atoms with Crippen molar-refractivity contribution in [1.82, 2.24) is 10.6 Å². The molecule has 0 aromatic heterocycles. The van der Waals surface area contributed by atoms with Gasteiger partial charge in [0.05, 0.1) is 19.7 Å². The molecule has 0 bridgehead atoms. The van der Waals surface area contributed by atoms with Crippen LogP contribution in [0, 0.1) is 5.92 Å². The second kappa shape index (κ2) is 8.12. The van der Waals surface area contributed by atoms with Crippen molar-refractivity contribution in [1.29, 1.82) is 0 Å². The Bertz CT molecular complexity index is 418. The van der Waals surface area contributed by atoms with Crippen LogP contribution in [0.15, 0.2) is 0 Å². The molecule has 1 heterocycles. The van der Waals surface area contributed by atoms with Crippen molar-refractivity contribution in [3.05, 3.63) is 0 Å². The Morgan fingerprint density at radius 3 is 2.55 bits per heavy atom. The Morgan fingerprint density at radius 1 is 1.27 bits per heavy atom. The summed E-state index contributed by atoms with van der Waals surface area (Å²) in [6.07, 6.45) is 1.68. The maximum Gasteiger partial charge on any atom is 0.322 e. The molecule has 1 unspecified atom stereocenters. The van der Waals surface area contributed by atoms with Gasteiger partial charge in [-0.2, -0.15) is 0 Å². The number of rotatable bonds is 4. The number of nitrogens with one attached hydrogen (secondary N) is 3. The summed E-state index contributed by atoms with van der Waals surface area (Å²) in [5, 5.41) is 5.00. The van der Waals surface area contributed by atoms with E-state index in [1.165, 1.54) is 0 Å². The van der Waals surface area contributed by atoms with Gasteiger partial charge < -0.3 is 15.0 Å². The lowest BCUT2D eigenvalue weighted by molar-refractivity contribution is -0.899. The number of ether oxygens (including phenoxy) is 1. The average Bonchev–Trinajstić information content (AvgIpc) is 2.36. The molecule has 7 heteroatoms. The monoisotopic (exact) mass is 314 g/mol. The first kappa shape index (κ1) is 18.4. The van der Waals surface area contributed by atoms with E-state index in [4.69, 9.17) is 4.74 Å². The fourth-order valence-electron chi connectivity index (χ4n) is 2.54. The molecule has 3 amide bonds. The number of carbonyl (C=O) groups excluding carboxylic acids is 3. The number of piperidine rings is 1. The van der Waals surface area contributed by atoms with Gasteiger partial charge in [0, 0.05) is 5.54 Å². The predicted octanol–water partition coefficient (Wildman–Crippen LogP) is -0.531. The molecule has 1 aliphatic heterocycles. The summed E-state index contributed by atoms with van der Waals surface area (Å²) in [7, 11) is 0. The number of amides is 3. The first-order valence-electron chi connectivity index (χ1n) is 7.83. The van der Waals surface area contributed by atoms with Crippen LogP contribution in [0.25, 0.3) is 0 Å². The van der Waals surface area contributed by atoms with Gasteiger partial charge in [-0.3, -0.25) is 14.9 Å². The molecule has 3 N–H and O–H groups in total. The molecule has 0 spiro atoms. The van der Waals surface area contributed by atoms with E-state index in [0.29, 0.717) is 13.2 Å². The quantitative estimate of drug-likeness (QED) is 0.609. The molecule has 0 aromatic carbocycles. The van der Waals surface area contributed by atoms with Gasteiger partial charge >= 0.3 is 12.0 Å². The third kappa shape index (κ3) is 6.89. The Hall–Kier alpha value is -1.63. The number of esters is 1. The number of urea groups is 1. The number of imide groups is 1. The van der Waals surface area contributed by atoms with Crippen molar-refractivity contribution in [3.63, 3.8) is 0 Å². The smallest absolute Gasteiger partial charge is 0.322 e. The van der Waals surface area contributed by atoms with Gasteiger partial charge in [0.2, 0.25) is 0 Å². The summed E-state index contributed by atoms with van der Waals surface area (Å²) in [5.74, 6) is -0.674. The van der Waals surface area contributed by atoms with E-state index >= 15 is 0 Å². The number of hydrogen-bond donors (Lipinski definition) is 3. The third-order valence-corrected chi connectivity index (χ3v) is 3.39. The Kier molecular flexibility index (Phi) is 6.80. The van der Waals surface area contributed by atoms with E-state index in [1.54, 1.807) is 6.92 Å². The number of likely N-dealkylation sites (tertiary alicyclic amines) is 1. The zero-order chi connectivity index (χ0) is 16.8. The molecule has 1 rings (SSSR count). The van der Waals surface area contributed by atoms with Gasteiger partial charge in [0.1, 0.15) is 5.92 Å². The molecular formula is C15H28N3O4+. The molecule has 22 heavy (non-hydrogen) atoms. The maximum atomic E-state index is 11.9.